The summed E-state index contributed by atoms with van der Waals surface area (Å²) >= 11 is 0. The Hall–Kier alpha value is 0.0700. The number of nitrogens with two attached hydrogens (primary N) is 1. The number of halogens is 3. The van der Waals surface area contributed by atoms with Crippen LogP contribution in [0.15, 0.2) is 0 Å². The lowest BCUT2D eigenvalue weighted by molar-refractivity contribution is -0.0701. The number of hydrogen-bond acceptors (Lipinski definition) is 2. The molecule has 2 N–H and O–H groups in total. The molecule has 0 aromatic heterocycles. The van der Waals surface area contributed by atoms with Crippen molar-refractivity contribution in [2.45, 2.75) is 38.0 Å². The summed E-state index contributed by atoms with van der Waals surface area (Å²) in [6, 6.07) is 0. The number of rotatable bonds is 4. The fourth-order valence-electron chi connectivity index (χ4n) is 2.02. The van der Waals surface area contributed by atoms with Crippen molar-refractivity contribution in [1.82, 2.24) is 0 Å². The molecule has 1 rings (SSSR count). The van der Waals surface area contributed by atoms with Gasteiger partial charge in [-0.1, -0.05) is 0 Å². The molecule has 0 amide bonds. The van der Waals surface area contributed by atoms with Gasteiger partial charge >= 0.3 is 0 Å². The molecule has 0 bridgehead atoms. The monoisotopic (exact) mass is 243 g/mol. The minimum absolute atomic E-state index is 0. The summed E-state index contributed by atoms with van der Waals surface area (Å²) in [6.07, 6.45) is 1.82. The molecule has 0 heterocycles. The maximum Gasteiger partial charge on any atom is 0.248 e. The third-order valence-corrected chi connectivity index (χ3v) is 3.31. The highest BCUT2D eigenvalue weighted by atomic mass is 35.5. The van der Waals surface area contributed by atoms with Crippen LogP contribution in [0, 0.1) is 5.41 Å². The predicted molar refractivity (Wildman–Crippen MR) is 58.6 cm³/mol. The first kappa shape index (κ1) is 15.1. The Bertz CT molecular complexity index is 180. The second-order valence-corrected chi connectivity index (χ2v) is 4.30. The third-order valence-electron chi connectivity index (χ3n) is 3.31. The van der Waals surface area contributed by atoms with Crippen LogP contribution in [0.3, 0.4) is 0 Å². The molecule has 0 radical (unpaired) electrons. The van der Waals surface area contributed by atoms with E-state index in [-0.39, 0.29) is 30.7 Å². The van der Waals surface area contributed by atoms with Gasteiger partial charge in [-0.05, 0) is 31.2 Å². The Morgan fingerprint density at radius 3 is 2.13 bits per heavy atom. The summed E-state index contributed by atoms with van der Waals surface area (Å²) in [5.41, 5.74) is 5.57. The topological polar surface area (TPSA) is 35.2 Å². The van der Waals surface area contributed by atoms with Gasteiger partial charge in [0.15, 0.2) is 0 Å². The van der Waals surface area contributed by atoms with Gasteiger partial charge in [-0.2, -0.15) is 0 Å². The summed E-state index contributed by atoms with van der Waals surface area (Å²) < 4.78 is 30.8. The van der Waals surface area contributed by atoms with Gasteiger partial charge in [-0.25, -0.2) is 8.78 Å². The van der Waals surface area contributed by atoms with Crippen molar-refractivity contribution in [2.75, 3.05) is 20.3 Å². The smallest absolute Gasteiger partial charge is 0.248 e. The summed E-state index contributed by atoms with van der Waals surface area (Å²) in [7, 11) is 1.63. The van der Waals surface area contributed by atoms with Crippen LogP contribution in [-0.4, -0.2) is 26.2 Å². The maximum absolute atomic E-state index is 12.9. The van der Waals surface area contributed by atoms with Crippen LogP contribution in [0.4, 0.5) is 8.78 Å². The van der Waals surface area contributed by atoms with Crippen LogP contribution in [0.2, 0.25) is 0 Å². The molecular weight excluding hydrogens is 224 g/mol. The standard InChI is InChI=1S/C10H19F2NO.ClH/c1-14-7-6-9(8-13)2-4-10(11,12)5-3-9;/h2-8,13H2,1H3;1H. The van der Waals surface area contributed by atoms with Gasteiger partial charge in [0.2, 0.25) is 5.92 Å². The van der Waals surface area contributed by atoms with Gasteiger partial charge in [-0.15, -0.1) is 12.4 Å². The van der Waals surface area contributed by atoms with E-state index in [9.17, 15) is 8.78 Å². The second-order valence-electron chi connectivity index (χ2n) is 4.30. The molecule has 0 aromatic rings. The normalized spacial score (nSPS) is 23.2. The maximum atomic E-state index is 12.9. The van der Waals surface area contributed by atoms with E-state index in [0.717, 1.165) is 6.42 Å². The van der Waals surface area contributed by atoms with Gasteiger partial charge in [0.05, 0.1) is 0 Å². The Morgan fingerprint density at radius 1 is 1.20 bits per heavy atom. The largest absolute Gasteiger partial charge is 0.385 e. The van der Waals surface area contributed by atoms with Crippen LogP contribution >= 0.6 is 12.4 Å². The first-order chi connectivity index (χ1) is 6.54. The number of alkyl halides is 2. The lowest BCUT2D eigenvalue weighted by Gasteiger charge is -2.39. The molecular formula is C10H20ClF2NO. The molecule has 5 heteroatoms. The van der Waals surface area contributed by atoms with E-state index >= 15 is 0 Å². The third kappa shape index (κ3) is 4.21. The summed E-state index contributed by atoms with van der Waals surface area (Å²) in [5, 5.41) is 0. The van der Waals surface area contributed by atoms with Gasteiger partial charge in [0, 0.05) is 26.6 Å². The van der Waals surface area contributed by atoms with Crippen molar-refractivity contribution in [1.29, 1.82) is 0 Å². The molecule has 0 aliphatic heterocycles. The molecule has 0 unspecified atom stereocenters. The number of hydrogen-bond donors (Lipinski definition) is 1. The highest BCUT2D eigenvalue weighted by Gasteiger charge is 2.42. The van der Waals surface area contributed by atoms with Crippen LogP contribution in [0.5, 0.6) is 0 Å². The van der Waals surface area contributed by atoms with Crippen LogP contribution in [-0.2, 0) is 4.74 Å². The van der Waals surface area contributed by atoms with Gasteiger partial charge in [0.25, 0.3) is 0 Å². The van der Waals surface area contributed by atoms with E-state index in [4.69, 9.17) is 10.5 Å². The van der Waals surface area contributed by atoms with Crippen molar-refractivity contribution >= 4 is 12.4 Å². The average molecular weight is 244 g/mol. The van der Waals surface area contributed by atoms with E-state index < -0.39 is 5.92 Å². The SMILES string of the molecule is COCCC1(CN)CCC(F)(F)CC1.Cl. The fraction of sp³-hybridized carbons (Fsp3) is 1.00. The lowest BCUT2D eigenvalue weighted by Crippen LogP contribution is -2.39. The zero-order valence-corrected chi connectivity index (χ0v) is 9.92. The van der Waals surface area contributed by atoms with Crippen molar-refractivity contribution in [3.05, 3.63) is 0 Å². The fourth-order valence-corrected chi connectivity index (χ4v) is 2.02. The average Bonchev–Trinajstić information content (AvgIpc) is 2.18. The highest BCUT2D eigenvalue weighted by Crippen LogP contribution is 2.44. The molecule has 1 fully saturated rings. The number of ether oxygens (including phenoxy) is 1. The second kappa shape index (κ2) is 5.97. The van der Waals surface area contributed by atoms with Gasteiger partial charge < -0.3 is 10.5 Å². The quantitative estimate of drug-likeness (QED) is 0.824. The molecule has 92 valence electrons. The van der Waals surface area contributed by atoms with Crippen LogP contribution in [0.1, 0.15) is 32.1 Å². The Morgan fingerprint density at radius 2 is 1.73 bits per heavy atom. The van der Waals surface area contributed by atoms with Crippen molar-refractivity contribution in [3.63, 3.8) is 0 Å². The molecule has 2 nitrogen and oxygen atoms in total. The van der Waals surface area contributed by atoms with E-state index in [1.54, 1.807) is 7.11 Å². The summed E-state index contributed by atoms with van der Waals surface area (Å²) in [6.45, 7) is 1.11. The lowest BCUT2D eigenvalue weighted by atomic mass is 9.71. The molecule has 1 saturated carbocycles. The molecule has 0 aromatic carbocycles. The Kier molecular flexibility index (Phi) is 5.99. The Balaban J connectivity index is 0.00000196. The molecule has 0 saturated heterocycles. The van der Waals surface area contributed by atoms with Crippen LogP contribution < -0.4 is 5.73 Å². The molecule has 0 spiro atoms. The summed E-state index contributed by atoms with van der Waals surface area (Å²) in [4.78, 5) is 0. The minimum Gasteiger partial charge on any atom is -0.385 e. The van der Waals surface area contributed by atoms with Gasteiger partial charge in [-0.3, -0.25) is 0 Å². The zero-order valence-electron chi connectivity index (χ0n) is 9.10. The summed E-state index contributed by atoms with van der Waals surface area (Å²) in [5.74, 6) is -2.47. The van der Waals surface area contributed by atoms with Gasteiger partial charge in [0.1, 0.15) is 0 Å². The zero-order chi connectivity index (χ0) is 10.7. The molecule has 15 heavy (non-hydrogen) atoms. The highest BCUT2D eigenvalue weighted by molar-refractivity contribution is 5.85. The predicted octanol–water partition coefficient (Wildman–Crippen LogP) is 2.60. The van der Waals surface area contributed by atoms with E-state index in [0.29, 0.717) is 26.0 Å². The van der Waals surface area contributed by atoms with E-state index in [2.05, 4.69) is 0 Å². The van der Waals surface area contributed by atoms with E-state index in [1.165, 1.54) is 0 Å². The molecule has 1 aliphatic carbocycles. The first-order valence-corrected chi connectivity index (χ1v) is 5.10. The van der Waals surface area contributed by atoms with Crippen LogP contribution in [0.25, 0.3) is 0 Å². The van der Waals surface area contributed by atoms with E-state index in [1.807, 2.05) is 0 Å². The molecule has 1 aliphatic rings. The number of methoxy groups -OCH3 is 1. The minimum atomic E-state index is -2.47. The van der Waals surface area contributed by atoms with Crippen molar-refractivity contribution in [2.24, 2.45) is 11.1 Å². The molecule has 0 atom stereocenters. The Labute approximate surface area is 96.0 Å². The van der Waals surface area contributed by atoms with Crippen molar-refractivity contribution < 1.29 is 13.5 Å². The first-order valence-electron chi connectivity index (χ1n) is 5.10. The van der Waals surface area contributed by atoms with Crippen molar-refractivity contribution in [3.8, 4) is 0 Å².